The summed E-state index contributed by atoms with van der Waals surface area (Å²) in [5.41, 5.74) is 1.95. The van der Waals surface area contributed by atoms with Gasteiger partial charge in [0.15, 0.2) is 17.8 Å². The van der Waals surface area contributed by atoms with Gasteiger partial charge in [-0.3, -0.25) is 5.10 Å². The van der Waals surface area contributed by atoms with Crippen LogP contribution in [0.15, 0.2) is 30.5 Å². The van der Waals surface area contributed by atoms with Crippen molar-refractivity contribution < 1.29 is 14.2 Å². The van der Waals surface area contributed by atoms with Crippen molar-refractivity contribution in [1.82, 2.24) is 10.2 Å². The molecule has 1 aromatic heterocycles. The first-order valence-corrected chi connectivity index (χ1v) is 6.33. The highest BCUT2D eigenvalue weighted by Crippen LogP contribution is 2.33. The molecule has 1 aliphatic heterocycles. The van der Waals surface area contributed by atoms with Gasteiger partial charge in [0.2, 0.25) is 0 Å². The van der Waals surface area contributed by atoms with Gasteiger partial charge >= 0.3 is 0 Å². The summed E-state index contributed by atoms with van der Waals surface area (Å²) in [7, 11) is 1.63. The predicted molar refractivity (Wildman–Crippen MR) is 70.2 cm³/mol. The molecular weight excluding hydrogens is 244 g/mol. The third-order valence-electron chi connectivity index (χ3n) is 3.12. The number of aromatic amines is 1. The SMILES string of the molecule is COc1ccc(-c2ccn[nH]2)cc1O[C@H]1CCCO1. The normalized spacial score (nSPS) is 18.5. The molecule has 1 fully saturated rings. The number of hydrogen-bond donors (Lipinski definition) is 1. The Bertz CT molecular complexity index is 534. The van der Waals surface area contributed by atoms with Gasteiger partial charge in [-0.1, -0.05) is 0 Å². The molecule has 0 spiro atoms. The summed E-state index contributed by atoms with van der Waals surface area (Å²) in [5, 5.41) is 6.89. The lowest BCUT2D eigenvalue weighted by molar-refractivity contribution is -0.0402. The van der Waals surface area contributed by atoms with E-state index in [9.17, 15) is 0 Å². The highest BCUT2D eigenvalue weighted by molar-refractivity contribution is 5.63. The molecule has 0 amide bonds. The van der Waals surface area contributed by atoms with Gasteiger partial charge in [-0.15, -0.1) is 0 Å². The maximum atomic E-state index is 5.85. The summed E-state index contributed by atoms with van der Waals surface area (Å²) in [6.07, 6.45) is 3.50. The van der Waals surface area contributed by atoms with Crippen LogP contribution in [-0.4, -0.2) is 30.2 Å². The van der Waals surface area contributed by atoms with Crippen molar-refractivity contribution in [2.75, 3.05) is 13.7 Å². The minimum Gasteiger partial charge on any atom is -0.493 e. The van der Waals surface area contributed by atoms with Crippen LogP contribution in [-0.2, 0) is 4.74 Å². The average Bonchev–Trinajstić information content (AvgIpc) is 3.11. The van der Waals surface area contributed by atoms with Gasteiger partial charge in [-0.2, -0.15) is 5.10 Å². The molecule has 5 nitrogen and oxygen atoms in total. The molecular formula is C14H16N2O3. The first kappa shape index (κ1) is 12.0. The zero-order chi connectivity index (χ0) is 13.1. The summed E-state index contributed by atoms with van der Waals surface area (Å²) in [6.45, 7) is 0.757. The van der Waals surface area contributed by atoms with E-state index in [1.807, 2.05) is 24.3 Å². The third kappa shape index (κ3) is 2.56. The van der Waals surface area contributed by atoms with E-state index in [2.05, 4.69) is 10.2 Å². The van der Waals surface area contributed by atoms with Crippen LogP contribution in [0.3, 0.4) is 0 Å². The second-order valence-corrected chi connectivity index (χ2v) is 4.40. The third-order valence-corrected chi connectivity index (χ3v) is 3.12. The average molecular weight is 260 g/mol. The number of ether oxygens (including phenoxy) is 3. The van der Waals surface area contributed by atoms with Gasteiger partial charge in [0.1, 0.15) is 0 Å². The fourth-order valence-electron chi connectivity index (χ4n) is 2.14. The molecule has 0 saturated carbocycles. The minimum atomic E-state index is -0.175. The van der Waals surface area contributed by atoms with Gasteiger partial charge in [-0.25, -0.2) is 0 Å². The molecule has 1 saturated heterocycles. The van der Waals surface area contributed by atoms with Crippen molar-refractivity contribution in [2.45, 2.75) is 19.1 Å². The number of methoxy groups -OCH3 is 1. The number of nitrogens with one attached hydrogen (secondary N) is 1. The standard InChI is InChI=1S/C14H16N2O3/c1-17-12-5-4-10(11-6-7-15-16-11)9-13(12)19-14-3-2-8-18-14/h4-7,9,14H,2-3,8H2,1H3,(H,15,16)/t14-/m0/s1. The topological polar surface area (TPSA) is 56.4 Å². The highest BCUT2D eigenvalue weighted by atomic mass is 16.7. The Labute approximate surface area is 111 Å². The van der Waals surface area contributed by atoms with Crippen LogP contribution in [0.4, 0.5) is 0 Å². The van der Waals surface area contributed by atoms with Crippen LogP contribution < -0.4 is 9.47 Å². The summed E-state index contributed by atoms with van der Waals surface area (Å²) >= 11 is 0. The van der Waals surface area contributed by atoms with Crippen molar-refractivity contribution in [1.29, 1.82) is 0 Å². The Hall–Kier alpha value is -2.01. The highest BCUT2D eigenvalue weighted by Gasteiger charge is 2.19. The van der Waals surface area contributed by atoms with E-state index in [0.717, 1.165) is 30.7 Å². The zero-order valence-corrected chi connectivity index (χ0v) is 10.8. The van der Waals surface area contributed by atoms with Crippen LogP contribution in [0.25, 0.3) is 11.3 Å². The van der Waals surface area contributed by atoms with Gasteiger partial charge in [0.25, 0.3) is 0 Å². The number of H-pyrrole nitrogens is 1. The molecule has 2 heterocycles. The Balaban J connectivity index is 1.88. The molecule has 5 heteroatoms. The fraction of sp³-hybridized carbons (Fsp3) is 0.357. The molecule has 1 aliphatic rings. The summed E-state index contributed by atoms with van der Waals surface area (Å²) < 4.78 is 16.7. The zero-order valence-electron chi connectivity index (χ0n) is 10.8. The van der Waals surface area contributed by atoms with Crippen molar-refractivity contribution in [2.24, 2.45) is 0 Å². The van der Waals surface area contributed by atoms with E-state index < -0.39 is 0 Å². The lowest BCUT2D eigenvalue weighted by Gasteiger charge is -2.16. The molecule has 2 aromatic rings. The molecule has 1 N–H and O–H groups in total. The van der Waals surface area contributed by atoms with E-state index >= 15 is 0 Å². The van der Waals surface area contributed by atoms with Crippen LogP contribution in [0.1, 0.15) is 12.8 Å². The first-order valence-electron chi connectivity index (χ1n) is 6.33. The van der Waals surface area contributed by atoms with Crippen molar-refractivity contribution in [3.8, 4) is 22.8 Å². The van der Waals surface area contributed by atoms with Gasteiger partial charge < -0.3 is 14.2 Å². The van der Waals surface area contributed by atoms with Crippen molar-refractivity contribution in [3.63, 3.8) is 0 Å². The van der Waals surface area contributed by atoms with Gasteiger partial charge in [0.05, 0.1) is 19.4 Å². The second kappa shape index (κ2) is 5.32. The minimum absolute atomic E-state index is 0.175. The number of nitrogens with zero attached hydrogens (tertiary/aromatic N) is 1. The van der Waals surface area contributed by atoms with E-state index in [1.54, 1.807) is 13.3 Å². The van der Waals surface area contributed by atoms with Crippen LogP contribution in [0.5, 0.6) is 11.5 Å². The summed E-state index contributed by atoms with van der Waals surface area (Å²) in [5.74, 6) is 1.40. The summed E-state index contributed by atoms with van der Waals surface area (Å²) in [4.78, 5) is 0. The van der Waals surface area contributed by atoms with Crippen molar-refractivity contribution in [3.05, 3.63) is 30.5 Å². The Morgan fingerprint density at radius 2 is 2.26 bits per heavy atom. The second-order valence-electron chi connectivity index (χ2n) is 4.40. The fourth-order valence-corrected chi connectivity index (χ4v) is 2.14. The monoisotopic (exact) mass is 260 g/mol. The quantitative estimate of drug-likeness (QED) is 0.918. The maximum Gasteiger partial charge on any atom is 0.200 e. The van der Waals surface area contributed by atoms with Crippen LogP contribution in [0, 0.1) is 0 Å². The Morgan fingerprint density at radius 1 is 1.32 bits per heavy atom. The van der Waals surface area contributed by atoms with Crippen molar-refractivity contribution >= 4 is 0 Å². The molecule has 0 bridgehead atoms. The molecule has 3 rings (SSSR count). The molecule has 1 atom stereocenters. The Morgan fingerprint density at radius 3 is 2.95 bits per heavy atom. The molecule has 0 radical (unpaired) electrons. The van der Waals surface area contributed by atoms with E-state index in [0.29, 0.717) is 11.5 Å². The Kier molecular flexibility index (Phi) is 3.37. The van der Waals surface area contributed by atoms with Crippen LogP contribution in [0.2, 0.25) is 0 Å². The smallest absolute Gasteiger partial charge is 0.200 e. The number of hydrogen-bond acceptors (Lipinski definition) is 4. The maximum absolute atomic E-state index is 5.85. The lowest BCUT2D eigenvalue weighted by atomic mass is 10.1. The first-order chi connectivity index (χ1) is 9.36. The van der Waals surface area contributed by atoms with Gasteiger partial charge in [-0.05, 0) is 30.7 Å². The predicted octanol–water partition coefficient (Wildman–Crippen LogP) is 2.60. The molecule has 100 valence electrons. The van der Waals surface area contributed by atoms with Crippen LogP contribution >= 0.6 is 0 Å². The number of rotatable bonds is 4. The van der Waals surface area contributed by atoms with E-state index in [-0.39, 0.29) is 6.29 Å². The molecule has 19 heavy (non-hydrogen) atoms. The lowest BCUT2D eigenvalue weighted by Crippen LogP contribution is -2.14. The van der Waals surface area contributed by atoms with E-state index in [4.69, 9.17) is 14.2 Å². The summed E-state index contributed by atoms with van der Waals surface area (Å²) in [6, 6.07) is 7.71. The molecule has 0 unspecified atom stereocenters. The number of benzene rings is 1. The van der Waals surface area contributed by atoms with E-state index in [1.165, 1.54) is 0 Å². The molecule has 1 aromatic carbocycles. The molecule has 0 aliphatic carbocycles. The largest absolute Gasteiger partial charge is 0.493 e. The number of aromatic nitrogens is 2. The van der Waals surface area contributed by atoms with Gasteiger partial charge in [0, 0.05) is 18.2 Å².